The number of piperidine rings is 1. The molecule has 4 rings (SSSR count). The number of hydrogen-bond donors (Lipinski definition) is 4. The normalized spacial score (nSPS) is 20.5. The molecular weight excluding hydrogens is 464 g/mol. The summed E-state index contributed by atoms with van der Waals surface area (Å²) in [6.45, 7) is 2.84. The summed E-state index contributed by atoms with van der Waals surface area (Å²) in [5, 5.41) is 15.4. The van der Waals surface area contributed by atoms with Crippen molar-refractivity contribution in [1.29, 1.82) is 5.41 Å². The highest BCUT2D eigenvalue weighted by molar-refractivity contribution is 6.42. The molecule has 174 valence electrons. The minimum Gasteiger partial charge on any atom is -0.351 e. The van der Waals surface area contributed by atoms with E-state index >= 15 is 0 Å². The first-order valence-electron chi connectivity index (χ1n) is 10.8. The van der Waals surface area contributed by atoms with E-state index in [0.29, 0.717) is 35.2 Å². The summed E-state index contributed by atoms with van der Waals surface area (Å²) in [6.07, 6.45) is 4.97. The summed E-state index contributed by atoms with van der Waals surface area (Å²) in [7, 11) is 0. The Kier molecular flexibility index (Phi) is 7.22. The van der Waals surface area contributed by atoms with Crippen molar-refractivity contribution < 1.29 is 9.18 Å². The van der Waals surface area contributed by atoms with Gasteiger partial charge in [0.05, 0.1) is 16.1 Å². The van der Waals surface area contributed by atoms with E-state index in [9.17, 15) is 9.18 Å². The van der Waals surface area contributed by atoms with Crippen LogP contribution in [0.2, 0.25) is 10.0 Å². The first kappa shape index (κ1) is 23.5. The molecule has 3 unspecified atom stereocenters. The van der Waals surface area contributed by atoms with Gasteiger partial charge in [-0.25, -0.2) is 4.39 Å². The van der Waals surface area contributed by atoms with E-state index in [2.05, 4.69) is 15.6 Å². The minimum absolute atomic E-state index is 0.0983. The van der Waals surface area contributed by atoms with Crippen LogP contribution in [0.1, 0.15) is 35.6 Å². The number of carbonyl (C=O) groups excluding carboxylic acids is 1. The van der Waals surface area contributed by atoms with Gasteiger partial charge < -0.3 is 14.9 Å². The minimum atomic E-state index is -0.422. The van der Waals surface area contributed by atoms with Crippen molar-refractivity contribution in [3.8, 4) is 0 Å². The first-order chi connectivity index (χ1) is 15.8. The number of imidazole rings is 1. The van der Waals surface area contributed by atoms with Crippen molar-refractivity contribution in [2.24, 2.45) is 5.92 Å². The predicted molar refractivity (Wildman–Crippen MR) is 126 cm³/mol. The molecule has 3 atom stereocenters. The Morgan fingerprint density at radius 1 is 1.21 bits per heavy atom. The molecule has 1 aliphatic heterocycles. The SMILES string of the molecule is Cc1cc(F)ccc1C1CC(Cn2cc[nH]c2=N)CC(C(=O)NCc2ccc(Cl)c(Cl)c2)N1. The van der Waals surface area contributed by atoms with Gasteiger partial charge in [0, 0.05) is 31.5 Å². The molecule has 9 heteroatoms. The molecule has 33 heavy (non-hydrogen) atoms. The lowest BCUT2D eigenvalue weighted by Gasteiger charge is -2.36. The number of nitrogens with one attached hydrogen (secondary N) is 4. The highest BCUT2D eigenvalue weighted by atomic mass is 35.5. The van der Waals surface area contributed by atoms with Crippen molar-refractivity contribution >= 4 is 29.1 Å². The Hall–Kier alpha value is -2.61. The van der Waals surface area contributed by atoms with Gasteiger partial charge in [0.1, 0.15) is 5.82 Å². The van der Waals surface area contributed by atoms with Crippen LogP contribution < -0.4 is 16.3 Å². The molecule has 0 bridgehead atoms. The molecular formula is C24H26Cl2FN5O. The number of amides is 1. The summed E-state index contributed by atoms with van der Waals surface area (Å²) < 4.78 is 15.5. The largest absolute Gasteiger partial charge is 0.351 e. The van der Waals surface area contributed by atoms with Crippen LogP contribution in [0.3, 0.4) is 0 Å². The Balaban J connectivity index is 1.51. The molecule has 0 saturated carbocycles. The Labute approximate surface area is 201 Å². The van der Waals surface area contributed by atoms with Gasteiger partial charge in [-0.2, -0.15) is 0 Å². The smallest absolute Gasteiger partial charge is 0.237 e. The third-order valence-electron chi connectivity index (χ3n) is 6.13. The van der Waals surface area contributed by atoms with Gasteiger partial charge >= 0.3 is 0 Å². The molecule has 1 aromatic heterocycles. The number of rotatable bonds is 6. The van der Waals surface area contributed by atoms with Crippen LogP contribution in [0.4, 0.5) is 4.39 Å². The van der Waals surface area contributed by atoms with Crippen LogP contribution in [-0.2, 0) is 17.9 Å². The Bertz CT molecular complexity index is 1210. The van der Waals surface area contributed by atoms with Crippen molar-refractivity contribution in [2.45, 2.75) is 44.9 Å². The quantitative estimate of drug-likeness (QED) is 0.411. The zero-order chi connectivity index (χ0) is 23.5. The van der Waals surface area contributed by atoms with Crippen molar-refractivity contribution in [2.75, 3.05) is 0 Å². The molecule has 1 amide bonds. The molecule has 3 aromatic rings. The van der Waals surface area contributed by atoms with Gasteiger partial charge in [0.25, 0.3) is 0 Å². The van der Waals surface area contributed by atoms with E-state index in [-0.39, 0.29) is 23.7 Å². The average molecular weight is 490 g/mol. The summed E-state index contributed by atoms with van der Waals surface area (Å²) in [5.41, 5.74) is 3.01. The van der Waals surface area contributed by atoms with Gasteiger partial charge in [0.2, 0.25) is 5.91 Å². The second-order valence-electron chi connectivity index (χ2n) is 8.54. The van der Waals surface area contributed by atoms with Gasteiger partial charge in [-0.05, 0) is 66.6 Å². The number of H-pyrrole nitrogens is 1. The highest BCUT2D eigenvalue weighted by Gasteiger charge is 2.33. The van der Waals surface area contributed by atoms with Gasteiger partial charge in [-0.3, -0.25) is 15.5 Å². The van der Waals surface area contributed by atoms with Crippen molar-refractivity contribution in [3.63, 3.8) is 0 Å². The predicted octanol–water partition coefficient (Wildman–Crippen LogP) is 4.48. The monoisotopic (exact) mass is 489 g/mol. The fourth-order valence-electron chi connectivity index (χ4n) is 4.48. The van der Waals surface area contributed by atoms with E-state index in [1.54, 1.807) is 24.4 Å². The van der Waals surface area contributed by atoms with Crippen LogP contribution >= 0.6 is 23.2 Å². The Morgan fingerprint density at radius 3 is 2.73 bits per heavy atom. The molecule has 0 spiro atoms. The van der Waals surface area contributed by atoms with E-state index in [0.717, 1.165) is 23.1 Å². The molecule has 1 saturated heterocycles. The maximum absolute atomic E-state index is 13.7. The molecule has 2 aromatic carbocycles. The molecule has 0 aliphatic carbocycles. The van der Waals surface area contributed by atoms with Gasteiger partial charge in [0.15, 0.2) is 5.62 Å². The highest BCUT2D eigenvalue weighted by Crippen LogP contribution is 2.33. The number of carbonyl (C=O) groups is 1. The number of aromatic nitrogens is 2. The van der Waals surface area contributed by atoms with Crippen LogP contribution in [0.5, 0.6) is 0 Å². The van der Waals surface area contributed by atoms with E-state index in [1.165, 1.54) is 12.1 Å². The topological polar surface area (TPSA) is 85.7 Å². The van der Waals surface area contributed by atoms with Crippen LogP contribution in [0.25, 0.3) is 0 Å². The van der Waals surface area contributed by atoms with Crippen molar-refractivity contribution in [1.82, 2.24) is 20.2 Å². The standard InChI is InChI=1S/C24H26Cl2FN5O/c1-14-8-17(27)3-4-18(14)21-10-16(13-32-7-6-29-24(32)28)11-22(31-21)23(33)30-12-15-2-5-19(25)20(26)9-15/h2-9,16,21-22,31H,10-13H2,1H3,(H2,28,29)(H,30,33). The number of benzene rings is 2. The molecule has 1 fully saturated rings. The first-order valence-corrected chi connectivity index (χ1v) is 11.6. The molecule has 4 N–H and O–H groups in total. The lowest BCUT2D eigenvalue weighted by atomic mass is 9.83. The molecule has 1 aliphatic rings. The van der Waals surface area contributed by atoms with Gasteiger partial charge in [-0.15, -0.1) is 0 Å². The summed E-state index contributed by atoms with van der Waals surface area (Å²) in [6, 6.07) is 9.51. The number of aromatic amines is 1. The second kappa shape index (κ2) is 10.1. The third-order valence-corrected chi connectivity index (χ3v) is 6.87. The molecule has 0 radical (unpaired) electrons. The fraction of sp³-hybridized carbons (Fsp3) is 0.333. The maximum atomic E-state index is 13.7. The van der Waals surface area contributed by atoms with E-state index in [1.807, 2.05) is 23.8 Å². The lowest BCUT2D eigenvalue weighted by molar-refractivity contribution is -0.124. The summed E-state index contributed by atoms with van der Waals surface area (Å²) >= 11 is 12.1. The second-order valence-corrected chi connectivity index (χ2v) is 9.35. The molecule has 2 heterocycles. The number of nitrogens with zero attached hydrogens (tertiary/aromatic N) is 1. The van der Waals surface area contributed by atoms with E-state index < -0.39 is 6.04 Å². The zero-order valence-corrected chi connectivity index (χ0v) is 19.7. The van der Waals surface area contributed by atoms with Crippen LogP contribution in [0, 0.1) is 24.1 Å². The number of halogens is 3. The fourth-order valence-corrected chi connectivity index (χ4v) is 4.80. The maximum Gasteiger partial charge on any atom is 0.237 e. The average Bonchev–Trinajstić information content (AvgIpc) is 3.18. The third kappa shape index (κ3) is 5.66. The Morgan fingerprint density at radius 2 is 2.03 bits per heavy atom. The summed E-state index contributed by atoms with van der Waals surface area (Å²) in [5.74, 6) is -0.228. The van der Waals surface area contributed by atoms with Crippen LogP contribution in [0.15, 0.2) is 48.8 Å². The number of aryl methyl sites for hydroxylation is 1. The summed E-state index contributed by atoms with van der Waals surface area (Å²) in [4.78, 5) is 16.0. The zero-order valence-electron chi connectivity index (χ0n) is 18.2. The lowest BCUT2D eigenvalue weighted by Crippen LogP contribution is -2.50. The van der Waals surface area contributed by atoms with Crippen LogP contribution in [-0.4, -0.2) is 21.5 Å². The van der Waals surface area contributed by atoms with E-state index in [4.69, 9.17) is 28.6 Å². The van der Waals surface area contributed by atoms with Gasteiger partial charge in [-0.1, -0.05) is 35.3 Å². The van der Waals surface area contributed by atoms with Crippen molar-refractivity contribution in [3.05, 3.63) is 87.0 Å². The number of hydrogen-bond acceptors (Lipinski definition) is 3. The molecule has 6 nitrogen and oxygen atoms in total.